The average Bonchev–Trinajstić information content (AvgIpc) is 3.48. The largest absolute Gasteiger partial charge is 0.257 e. The van der Waals surface area contributed by atoms with E-state index in [2.05, 4.69) is 207 Å². The second kappa shape index (κ2) is 12.3. The first kappa shape index (κ1) is 31.6. The number of aryl methyl sites for hydroxylation is 5. The molecule has 1 aliphatic rings. The highest BCUT2D eigenvalue weighted by atomic mass is 15.2. The molecule has 0 spiro atoms. The third kappa shape index (κ3) is 4.99. The molecule has 1 aliphatic heterocycles. The van der Waals surface area contributed by atoms with Crippen molar-refractivity contribution in [3.05, 3.63) is 185 Å². The zero-order chi connectivity index (χ0) is 34.6. The van der Waals surface area contributed by atoms with Crippen LogP contribution in [0.25, 0.3) is 44.9 Å². The van der Waals surface area contributed by atoms with Crippen LogP contribution in [0.5, 0.6) is 0 Å². The predicted molar refractivity (Wildman–Crippen MR) is 202 cm³/mol. The van der Waals surface area contributed by atoms with Crippen molar-refractivity contribution >= 4 is 0 Å². The van der Waals surface area contributed by atoms with Crippen molar-refractivity contribution in [2.45, 2.75) is 46.2 Å². The summed E-state index contributed by atoms with van der Waals surface area (Å²) in [5.74, 6) is 0. The van der Waals surface area contributed by atoms with Gasteiger partial charge in [-0.2, -0.15) is 9.13 Å². The van der Waals surface area contributed by atoms with E-state index in [1.807, 2.05) is 0 Å². The van der Waals surface area contributed by atoms with E-state index >= 15 is 0 Å². The lowest BCUT2D eigenvalue weighted by Gasteiger charge is -2.32. The number of nitrogens with zero attached hydrogens (tertiary/aromatic N) is 3. The fourth-order valence-electron chi connectivity index (χ4n) is 8.57. The van der Waals surface area contributed by atoms with Gasteiger partial charge in [0.05, 0.1) is 11.1 Å². The standard InChI is InChI=1S/C47H44N3/c1-32-26-29-43(48(6)31-32)41-28-27-37(36-19-8-7-9-20-36)30-42(41)47(5,50-35(4)18-15-25-45(50)38-21-11-10-16-33(38)2)46-40-23-13-12-22-39(40)44-24-14-17-34(3)49(44)46/h7-31,46H,1-6H3/q+3. The maximum atomic E-state index is 2.65. The second-order valence-corrected chi connectivity index (χ2v) is 14.1. The van der Waals surface area contributed by atoms with Gasteiger partial charge in [-0.05, 0) is 73.0 Å². The molecule has 4 aromatic carbocycles. The number of aromatic nitrogens is 3. The number of fused-ring (bicyclic) bond motifs is 3. The minimum absolute atomic E-state index is 0.0516. The van der Waals surface area contributed by atoms with Gasteiger partial charge in [-0.3, -0.25) is 0 Å². The lowest BCUT2D eigenvalue weighted by molar-refractivity contribution is -0.824. The van der Waals surface area contributed by atoms with Gasteiger partial charge in [0.2, 0.25) is 17.1 Å². The van der Waals surface area contributed by atoms with E-state index in [-0.39, 0.29) is 6.04 Å². The zero-order valence-electron chi connectivity index (χ0n) is 29.9. The van der Waals surface area contributed by atoms with E-state index in [1.165, 1.54) is 78.5 Å². The van der Waals surface area contributed by atoms with Gasteiger partial charge < -0.3 is 0 Å². The Hall–Kier alpha value is -5.67. The average molecular weight is 651 g/mol. The summed E-state index contributed by atoms with van der Waals surface area (Å²) >= 11 is 0. The summed E-state index contributed by atoms with van der Waals surface area (Å²) in [6, 6.07) is 53.8. The Balaban J connectivity index is 1.57. The van der Waals surface area contributed by atoms with Crippen LogP contribution in [0, 0.1) is 27.7 Å². The van der Waals surface area contributed by atoms with Crippen LogP contribution in [0.3, 0.4) is 0 Å². The van der Waals surface area contributed by atoms with Gasteiger partial charge in [-0.25, -0.2) is 4.57 Å². The van der Waals surface area contributed by atoms with Crippen LogP contribution in [0.2, 0.25) is 0 Å². The summed E-state index contributed by atoms with van der Waals surface area (Å²) in [7, 11) is 2.17. The Kier molecular flexibility index (Phi) is 7.79. The smallest absolute Gasteiger partial charge is 0.201 e. The molecule has 0 aliphatic carbocycles. The van der Waals surface area contributed by atoms with Crippen LogP contribution in [0.1, 0.15) is 46.6 Å². The second-order valence-electron chi connectivity index (χ2n) is 14.1. The van der Waals surface area contributed by atoms with Crippen LogP contribution in [0.15, 0.2) is 152 Å². The predicted octanol–water partition coefficient (Wildman–Crippen LogP) is 9.35. The molecule has 8 rings (SSSR count). The highest BCUT2D eigenvalue weighted by Gasteiger charge is 2.60. The third-order valence-corrected chi connectivity index (χ3v) is 10.9. The molecule has 4 heterocycles. The fourth-order valence-corrected chi connectivity index (χ4v) is 8.57. The van der Waals surface area contributed by atoms with E-state index in [0.29, 0.717) is 0 Å². The molecule has 2 unspecified atom stereocenters. The molecule has 0 N–H and O–H groups in total. The quantitative estimate of drug-likeness (QED) is 0.159. The first-order chi connectivity index (χ1) is 24.3. The van der Waals surface area contributed by atoms with Gasteiger partial charge in [-0.1, -0.05) is 72.8 Å². The van der Waals surface area contributed by atoms with Gasteiger partial charge in [0, 0.05) is 73.4 Å². The molecule has 0 saturated carbocycles. The Morgan fingerprint density at radius 3 is 1.96 bits per heavy atom. The van der Waals surface area contributed by atoms with E-state index in [0.717, 1.165) is 0 Å². The summed E-state index contributed by atoms with van der Waals surface area (Å²) in [5.41, 5.74) is 16.8. The molecule has 0 saturated heterocycles. The van der Waals surface area contributed by atoms with Gasteiger partial charge in [0.1, 0.15) is 7.05 Å². The lowest BCUT2D eigenvalue weighted by atomic mass is 9.75. The van der Waals surface area contributed by atoms with Gasteiger partial charge in [0.25, 0.3) is 11.6 Å². The Morgan fingerprint density at radius 1 is 0.520 bits per heavy atom. The van der Waals surface area contributed by atoms with Crippen molar-refractivity contribution in [1.29, 1.82) is 0 Å². The normalized spacial score (nSPS) is 14.6. The molecule has 0 radical (unpaired) electrons. The molecule has 3 heteroatoms. The van der Waals surface area contributed by atoms with Crippen LogP contribution in [-0.4, -0.2) is 0 Å². The van der Waals surface area contributed by atoms with Gasteiger partial charge in [0.15, 0.2) is 17.6 Å². The highest BCUT2D eigenvalue weighted by molar-refractivity contribution is 5.74. The van der Waals surface area contributed by atoms with Crippen LogP contribution in [0.4, 0.5) is 0 Å². The van der Waals surface area contributed by atoms with Gasteiger partial charge in [-0.15, -0.1) is 0 Å². The Bertz CT molecular complexity index is 2410. The number of hydrogen-bond acceptors (Lipinski definition) is 0. The number of benzene rings is 4. The van der Waals surface area contributed by atoms with Crippen molar-refractivity contribution in [3.63, 3.8) is 0 Å². The summed E-state index contributed by atoms with van der Waals surface area (Å²) < 4.78 is 7.53. The minimum atomic E-state index is -0.612. The van der Waals surface area contributed by atoms with E-state index in [9.17, 15) is 0 Å². The van der Waals surface area contributed by atoms with Crippen molar-refractivity contribution < 1.29 is 13.7 Å². The van der Waals surface area contributed by atoms with Crippen molar-refractivity contribution in [2.75, 3.05) is 0 Å². The maximum Gasteiger partial charge on any atom is 0.257 e. The van der Waals surface area contributed by atoms with Crippen LogP contribution < -0.4 is 13.7 Å². The monoisotopic (exact) mass is 650 g/mol. The number of rotatable bonds is 6. The molecule has 50 heavy (non-hydrogen) atoms. The molecule has 0 amide bonds. The summed E-state index contributed by atoms with van der Waals surface area (Å²) in [4.78, 5) is 0. The third-order valence-electron chi connectivity index (χ3n) is 10.9. The first-order valence-electron chi connectivity index (χ1n) is 17.6. The minimum Gasteiger partial charge on any atom is -0.201 e. The summed E-state index contributed by atoms with van der Waals surface area (Å²) in [5, 5.41) is 0. The zero-order valence-corrected chi connectivity index (χ0v) is 29.9. The lowest BCUT2D eigenvalue weighted by Crippen LogP contribution is -2.67. The number of hydrogen-bond donors (Lipinski definition) is 0. The van der Waals surface area contributed by atoms with Crippen molar-refractivity contribution in [1.82, 2.24) is 0 Å². The molecule has 244 valence electrons. The van der Waals surface area contributed by atoms with E-state index in [4.69, 9.17) is 0 Å². The van der Waals surface area contributed by atoms with Crippen LogP contribution in [-0.2, 0) is 12.6 Å². The molecule has 3 nitrogen and oxygen atoms in total. The summed E-state index contributed by atoms with van der Waals surface area (Å²) in [6.45, 7) is 11.4. The highest BCUT2D eigenvalue weighted by Crippen LogP contribution is 2.47. The Morgan fingerprint density at radius 2 is 1.20 bits per heavy atom. The molecular formula is C47H44N3+3. The molecular weight excluding hydrogens is 607 g/mol. The molecule has 2 atom stereocenters. The van der Waals surface area contributed by atoms with Crippen molar-refractivity contribution in [2.24, 2.45) is 7.05 Å². The molecule has 0 bridgehead atoms. The first-order valence-corrected chi connectivity index (χ1v) is 17.6. The topological polar surface area (TPSA) is 11.6 Å². The fraction of sp³-hybridized carbons (Fsp3) is 0.170. The Labute approximate surface area is 296 Å². The molecule has 0 fully saturated rings. The molecule has 3 aromatic heterocycles. The van der Waals surface area contributed by atoms with Gasteiger partial charge >= 0.3 is 0 Å². The summed E-state index contributed by atoms with van der Waals surface area (Å²) in [6.07, 6.45) is 2.24. The van der Waals surface area contributed by atoms with E-state index in [1.54, 1.807) is 0 Å². The van der Waals surface area contributed by atoms with E-state index < -0.39 is 5.54 Å². The van der Waals surface area contributed by atoms with Crippen molar-refractivity contribution in [3.8, 4) is 44.9 Å². The van der Waals surface area contributed by atoms with Crippen LogP contribution >= 0.6 is 0 Å². The molecule has 7 aromatic rings. The SMILES string of the molecule is Cc1ccc(-c2ccc(-c3ccccc3)cc2C(C)(C2c3ccccc3-c3cccc(C)[n+]32)[n+]2c(C)cccc2-c2ccccc2C)[n+](C)c1. The maximum absolute atomic E-state index is 2.65. The number of pyridine rings is 3.